The van der Waals surface area contributed by atoms with Crippen LogP contribution in [-0.2, 0) is 15.6 Å². The molecule has 2 aliphatic heterocycles. The molecule has 1 aromatic heterocycles. The first-order valence-electron chi connectivity index (χ1n) is 9.44. The predicted octanol–water partition coefficient (Wildman–Crippen LogP) is 0.694. The highest BCUT2D eigenvalue weighted by Gasteiger charge is 2.52. The van der Waals surface area contributed by atoms with E-state index < -0.39 is 26.7 Å². The van der Waals surface area contributed by atoms with Crippen molar-refractivity contribution in [1.29, 1.82) is 0 Å². The number of hydrogen-bond acceptors (Lipinski definition) is 9. The van der Waals surface area contributed by atoms with E-state index in [1.165, 1.54) is 26.6 Å². The third-order valence-corrected chi connectivity index (χ3v) is 7.89. The molecular weight excluding hydrogens is 424 g/mol. The van der Waals surface area contributed by atoms with Gasteiger partial charge >= 0.3 is 0 Å². The quantitative estimate of drug-likeness (QED) is 0.699. The number of guanidine groups is 1. The number of hydrogen-bond donors (Lipinski definition) is 2. The number of nitrogens with one attached hydrogen (secondary N) is 1. The van der Waals surface area contributed by atoms with Crippen LogP contribution in [0.4, 0.5) is 5.69 Å². The zero-order valence-corrected chi connectivity index (χ0v) is 18.0. The van der Waals surface area contributed by atoms with Crippen molar-refractivity contribution in [1.82, 2.24) is 14.3 Å². The fourth-order valence-corrected chi connectivity index (χ4v) is 5.63. The van der Waals surface area contributed by atoms with E-state index >= 15 is 0 Å². The third-order valence-electron chi connectivity index (χ3n) is 5.53. The topological polar surface area (TPSA) is 149 Å². The Balaban J connectivity index is 1.72. The molecule has 0 saturated heterocycles. The van der Waals surface area contributed by atoms with Crippen molar-refractivity contribution >= 4 is 27.6 Å². The molecule has 164 valence electrons. The molecule has 31 heavy (non-hydrogen) atoms. The normalized spacial score (nSPS) is 24.0. The van der Waals surface area contributed by atoms with E-state index in [1.54, 1.807) is 25.1 Å². The van der Waals surface area contributed by atoms with Gasteiger partial charge in [-0.05, 0) is 25.1 Å². The van der Waals surface area contributed by atoms with E-state index in [4.69, 9.17) is 15.2 Å². The third kappa shape index (κ3) is 3.42. The molecule has 0 spiro atoms. The smallest absolute Gasteiger partial charge is 0.275 e. The number of nitrogens with zero attached hydrogens (tertiary/aromatic N) is 4. The van der Waals surface area contributed by atoms with Gasteiger partial charge in [-0.2, -0.15) is 0 Å². The van der Waals surface area contributed by atoms with Crippen LogP contribution in [0.3, 0.4) is 0 Å². The molecular formula is C19H22N6O5S. The lowest BCUT2D eigenvalue weighted by molar-refractivity contribution is 0.102. The summed E-state index contributed by atoms with van der Waals surface area (Å²) in [7, 11) is -0.907. The van der Waals surface area contributed by atoms with Crippen LogP contribution in [0, 0.1) is 0 Å². The maximum Gasteiger partial charge on any atom is 0.275 e. The zero-order chi connectivity index (χ0) is 22.4. The highest BCUT2D eigenvalue weighted by molar-refractivity contribution is 7.90. The van der Waals surface area contributed by atoms with E-state index in [0.29, 0.717) is 17.0 Å². The van der Waals surface area contributed by atoms with Gasteiger partial charge in [0.15, 0.2) is 0 Å². The Bertz CT molecular complexity index is 1170. The van der Waals surface area contributed by atoms with Crippen molar-refractivity contribution in [2.75, 3.05) is 26.1 Å². The SMILES string of the molecule is COc1cnc(C(=O)Nc2ccc3c(c2)[C@@]2(C)N=C(N)N(C)S(=O)(=O)[C@@H]2CCO3)cn1. The molecule has 1 amide bonds. The summed E-state index contributed by atoms with van der Waals surface area (Å²) in [4.78, 5) is 25.1. The van der Waals surface area contributed by atoms with Crippen LogP contribution in [0.25, 0.3) is 0 Å². The van der Waals surface area contributed by atoms with Crippen molar-refractivity contribution < 1.29 is 22.7 Å². The zero-order valence-electron chi connectivity index (χ0n) is 17.2. The molecule has 11 nitrogen and oxygen atoms in total. The Kier molecular flexibility index (Phi) is 4.96. The van der Waals surface area contributed by atoms with Gasteiger partial charge in [0.05, 0.1) is 26.1 Å². The summed E-state index contributed by atoms with van der Waals surface area (Å²) >= 11 is 0. The van der Waals surface area contributed by atoms with Gasteiger partial charge in [-0.25, -0.2) is 27.7 Å². The maximum absolute atomic E-state index is 13.0. The molecule has 3 N–H and O–H groups in total. The lowest BCUT2D eigenvalue weighted by Crippen LogP contribution is -2.56. The lowest BCUT2D eigenvalue weighted by atomic mass is 9.87. The number of benzene rings is 1. The number of ether oxygens (including phenoxy) is 2. The number of methoxy groups -OCH3 is 1. The van der Waals surface area contributed by atoms with Gasteiger partial charge in [0.25, 0.3) is 5.91 Å². The summed E-state index contributed by atoms with van der Waals surface area (Å²) < 4.78 is 37.8. The fraction of sp³-hybridized carbons (Fsp3) is 0.368. The van der Waals surface area contributed by atoms with E-state index in [9.17, 15) is 13.2 Å². The summed E-state index contributed by atoms with van der Waals surface area (Å²) in [5.41, 5.74) is 5.80. The number of carbonyl (C=O) groups excluding carboxylic acids is 1. The van der Waals surface area contributed by atoms with Crippen molar-refractivity contribution in [3.63, 3.8) is 0 Å². The number of amides is 1. The largest absolute Gasteiger partial charge is 0.493 e. The highest BCUT2D eigenvalue weighted by atomic mass is 32.2. The molecule has 0 fully saturated rings. The molecule has 3 heterocycles. The second-order valence-corrected chi connectivity index (χ2v) is 9.51. The van der Waals surface area contributed by atoms with E-state index in [2.05, 4.69) is 20.3 Å². The first kappa shape index (κ1) is 20.8. The van der Waals surface area contributed by atoms with Crippen LogP contribution >= 0.6 is 0 Å². The first-order chi connectivity index (χ1) is 14.7. The van der Waals surface area contributed by atoms with E-state index in [1.807, 2.05) is 0 Å². The summed E-state index contributed by atoms with van der Waals surface area (Å²) in [5, 5.41) is 1.88. The molecule has 4 rings (SSSR count). The summed E-state index contributed by atoms with van der Waals surface area (Å²) in [6.45, 7) is 1.92. The van der Waals surface area contributed by atoms with Crippen LogP contribution in [0.15, 0.2) is 35.6 Å². The predicted molar refractivity (Wildman–Crippen MR) is 113 cm³/mol. The number of sulfonamides is 1. The molecule has 2 aliphatic rings. The van der Waals surface area contributed by atoms with Crippen LogP contribution in [0.2, 0.25) is 0 Å². The minimum absolute atomic E-state index is 0.0974. The Morgan fingerprint density at radius 1 is 1.35 bits per heavy atom. The number of rotatable bonds is 3. The van der Waals surface area contributed by atoms with Crippen molar-refractivity contribution in [2.24, 2.45) is 10.7 Å². The Morgan fingerprint density at radius 3 is 2.81 bits per heavy atom. The second-order valence-electron chi connectivity index (χ2n) is 7.36. The number of aliphatic imine (C=N–C) groups is 1. The average molecular weight is 446 g/mol. The molecule has 2 atom stereocenters. The van der Waals surface area contributed by atoms with Crippen molar-refractivity contribution in [3.05, 3.63) is 41.9 Å². The van der Waals surface area contributed by atoms with Crippen molar-refractivity contribution in [3.8, 4) is 11.6 Å². The van der Waals surface area contributed by atoms with Gasteiger partial charge < -0.3 is 20.5 Å². The van der Waals surface area contributed by atoms with Gasteiger partial charge in [-0.1, -0.05) is 0 Å². The van der Waals surface area contributed by atoms with E-state index in [0.717, 1.165) is 4.31 Å². The number of fused-ring (bicyclic) bond motifs is 3. The van der Waals surface area contributed by atoms with Gasteiger partial charge in [-0.3, -0.25) is 4.79 Å². The average Bonchev–Trinajstić information content (AvgIpc) is 2.89. The molecule has 0 bridgehead atoms. The number of nitrogens with two attached hydrogens (primary N) is 1. The fourth-order valence-electron chi connectivity index (χ4n) is 3.79. The van der Waals surface area contributed by atoms with E-state index in [-0.39, 0.29) is 30.6 Å². The van der Waals surface area contributed by atoms with Crippen LogP contribution in [-0.4, -0.2) is 60.6 Å². The molecule has 2 aromatic rings. The molecule has 12 heteroatoms. The molecule has 0 aliphatic carbocycles. The van der Waals surface area contributed by atoms with Gasteiger partial charge in [-0.15, -0.1) is 0 Å². The minimum Gasteiger partial charge on any atom is -0.493 e. The monoisotopic (exact) mass is 446 g/mol. The van der Waals surface area contributed by atoms with Gasteiger partial charge in [0.1, 0.15) is 22.2 Å². The number of anilines is 1. The number of aromatic nitrogens is 2. The molecule has 0 radical (unpaired) electrons. The van der Waals surface area contributed by atoms with Crippen LogP contribution in [0.5, 0.6) is 11.6 Å². The molecule has 0 unspecified atom stereocenters. The molecule has 0 saturated carbocycles. The summed E-state index contributed by atoms with van der Waals surface area (Å²) in [6, 6.07) is 4.99. The standard InChI is InChI=1S/C19H22N6O5S/c1-19-12-8-11(23-17(26)13-9-22-16(29-3)10-21-13)4-5-14(12)30-7-6-15(19)31(27,28)25(2)18(20)24-19/h4-5,8-10,15H,6-7H2,1-3H3,(H2,20,24)(H,23,26)/t15-,19-/m1/s1. The molecule has 1 aromatic carbocycles. The van der Waals surface area contributed by atoms with Crippen molar-refractivity contribution in [2.45, 2.75) is 24.1 Å². The van der Waals surface area contributed by atoms with Crippen LogP contribution < -0.4 is 20.5 Å². The lowest BCUT2D eigenvalue weighted by Gasteiger charge is -2.40. The summed E-state index contributed by atoms with van der Waals surface area (Å²) in [6.07, 6.45) is 2.89. The first-order valence-corrected chi connectivity index (χ1v) is 10.9. The Morgan fingerprint density at radius 2 is 2.13 bits per heavy atom. The minimum atomic E-state index is -3.74. The maximum atomic E-state index is 13.0. The van der Waals surface area contributed by atoms with Crippen LogP contribution in [0.1, 0.15) is 29.4 Å². The second kappa shape index (κ2) is 7.38. The highest BCUT2D eigenvalue weighted by Crippen LogP contribution is 2.45. The van der Waals surface area contributed by atoms with Gasteiger partial charge in [0, 0.05) is 24.7 Å². The Labute approximate surface area is 179 Å². The van der Waals surface area contributed by atoms with Gasteiger partial charge in [0.2, 0.25) is 21.9 Å². The Hall–Kier alpha value is -3.41. The number of carbonyl (C=O) groups is 1. The summed E-state index contributed by atoms with van der Waals surface area (Å²) in [5.74, 6) is 0.195.